The largest absolute Gasteiger partial charge is 0.494 e. The van der Waals surface area contributed by atoms with Gasteiger partial charge in [-0.1, -0.05) is 78.9 Å². The van der Waals surface area contributed by atoms with E-state index in [1.54, 1.807) is 24.3 Å². The molecule has 0 aromatic heterocycles. The second-order valence-electron chi connectivity index (χ2n) is 8.25. The molecule has 0 spiro atoms. The molecule has 0 aliphatic carbocycles. The molecule has 1 nitrogen and oxygen atoms in total. The number of rotatable bonds is 6. The molecule has 0 aliphatic rings. The van der Waals surface area contributed by atoms with Crippen LogP contribution in [0.2, 0.25) is 0 Å². The predicted molar refractivity (Wildman–Crippen MR) is 139 cm³/mol. The molecule has 0 amide bonds. The topological polar surface area (TPSA) is 9.23 Å². The molecule has 0 unspecified atom stereocenters. The fourth-order valence-electron chi connectivity index (χ4n) is 4.43. The monoisotopic (exact) mass is 462 g/mol. The third-order valence-electron chi connectivity index (χ3n) is 6.03. The van der Waals surface area contributed by atoms with E-state index in [-0.39, 0.29) is 11.6 Å². The summed E-state index contributed by atoms with van der Waals surface area (Å²) in [6.07, 6.45) is 0. The first-order chi connectivity index (χ1) is 17.1. The van der Waals surface area contributed by atoms with Crippen LogP contribution in [0.4, 0.5) is 8.78 Å². The second-order valence-corrected chi connectivity index (χ2v) is 8.25. The zero-order valence-electron chi connectivity index (χ0n) is 19.3. The lowest BCUT2D eigenvalue weighted by Crippen LogP contribution is -1.95. The highest BCUT2D eigenvalue weighted by atomic mass is 19.1. The minimum absolute atomic E-state index is 0.273. The van der Waals surface area contributed by atoms with Crippen LogP contribution in [-0.4, -0.2) is 6.61 Å². The fourth-order valence-corrected chi connectivity index (χ4v) is 4.43. The number of halogens is 2. The van der Waals surface area contributed by atoms with Crippen LogP contribution >= 0.6 is 0 Å². The van der Waals surface area contributed by atoms with Crippen LogP contribution in [0.3, 0.4) is 0 Å². The van der Waals surface area contributed by atoms with E-state index in [1.807, 2.05) is 49.4 Å². The lowest BCUT2D eigenvalue weighted by molar-refractivity contribution is 0.340. The third-order valence-corrected chi connectivity index (χ3v) is 6.03. The number of hydrogen-bond acceptors (Lipinski definition) is 1. The van der Waals surface area contributed by atoms with Crippen LogP contribution in [0.5, 0.6) is 5.75 Å². The molecule has 3 heteroatoms. The van der Waals surface area contributed by atoms with Gasteiger partial charge >= 0.3 is 0 Å². The highest BCUT2D eigenvalue weighted by Crippen LogP contribution is 2.45. The normalized spacial score (nSPS) is 10.8. The average molecular weight is 463 g/mol. The van der Waals surface area contributed by atoms with E-state index >= 15 is 0 Å². The van der Waals surface area contributed by atoms with Gasteiger partial charge in [-0.2, -0.15) is 0 Å². The van der Waals surface area contributed by atoms with Crippen LogP contribution in [0.1, 0.15) is 6.92 Å². The van der Waals surface area contributed by atoms with Crippen LogP contribution in [-0.2, 0) is 0 Å². The Bertz CT molecular complexity index is 1420. The summed E-state index contributed by atoms with van der Waals surface area (Å²) in [4.78, 5) is 0. The average Bonchev–Trinajstić information content (AvgIpc) is 2.90. The molecule has 5 rings (SSSR count). The van der Waals surface area contributed by atoms with Gasteiger partial charge in [0.1, 0.15) is 17.4 Å². The van der Waals surface area contributed by atoms with E-state index < -0.39 is 0 Å². The summed E-state index contributed by atoms with van der Waals surface area (Å²) < 4.78 is 33.2. The predicted octanol–water partition coefficient (Wildman–Crippen LogP) is 9.03. The Hall–Kier alpha value is -4.24. The van der Waals surface area contributed by atoms with Crippen LogP contribution in [0.15, 0.2) is 115 Å². The molecule has 35 heavy (non-hydrogen) atoms. The van der Waals surface area contributed by atoms with E-state index in [4.69, 9.17) is 4.74 Å². The van der Waals surface area contributed by atoms with Gasteiger partial charge in [-0.3, -0.25) is 0 Å². The van der Waals surface area contributed by atoms with E-state index in [0.29, 0.717) is 6.61 Å². The van der Waals surface area contributed by atoms with Crippen molar-refractivity contribution >= 4 is 0 Å². The van der Waals surface area contributed by atoms with Gasteiger partial charge in [-0.05, 0) is 87.8 Å². The molecular weight excluding hydrogens is 438 g/mol. The molecule has 0 N–H and O–H groups in total. The highest BCUT2D eigenvalue weighted by Gasteiger charge is 2.19. The highest BCUT2D eigenvalue weighted by molar-refractivity contribution is 6.01. The first-order valence-electron chi connectivity index (χ1n) is 11.6. The summed E-state index contributed by atoms with van der Waals surface area (Å²) in [6.45, 7) is 2.55. The van der Waals surface area contributed by atoms with Crippen molar-refractivity contribution in [2.45, 2.75) is 6.92 Å². The zero-order chi connectivity index (χ0) is 24.2. The Balaban J connectivity index is 1.84. The van der Waals surface area contributed by atoms with Gasteiger partial charge in [0.25, 0.3) is 0 Å². The standard InChI is InChI=1S/C32H24F2O/c1-2-35-28-18-12-25(13-19-28)32-30(23-10-16-27(34)17-11-23)21-20-29(22-8-14-26(33)15-9-22)31(32)24-6-4-3-5-7-24/h3-21H,2H2,1H3. The molecule has 0 saturated heterocycles. The molecule has 0 radical (unpaired) electrons. The third kappa shape index (κ3) is 4.71. The van der Waals surface area contributed by atoms with Gasteiger partial charge in [0.15, 0.2) is 0 Å². The van der Waals surface area contributed by atoms with Crippen molar-refractivity contribution < 1.29 is 13.5 Å². The maximum absolute atomic E-state index is 13.8. The molecule has 0 heterocycles. The first kappa shape index (κ1) is 22.5. The van der Waals surface area contributed by atoms with Crippen LogP contribution < -0.4 is 4.74 Å². The van der Waals surface area contributed by atoms with Gasteiger partial charge in [-0.25, -0.2) is 8.78 Å². The quantitative estimate of drug-likeness (QED) is 0.245. The zero-order valence-corrected chi connectivity index (χ0v) is 19.3. The molecule has 5 aromatic rings. The molecule has 172 valence electrons. The Morgan fingerprint density at radius 1 is 0.486 bits per heavy atom. The molecule has 0 fully saturated rings. The van der Waals surface area contributed by atoms with Crippen molar-refractivity contribution in [3.05, 3.63) is 127 Å². The van der Waals surface area contributed by atoms with E-state index in [9.17, 15) is 8.78 Å². The van der Waals surface area contributed by atoms with Crippen LogP contribution in [0.25, 0.3) is 44.5 Å². The summed E-state index contributed by atoms with van der Waals surface area (Å²) in [5.74, 6) is 0.253. The van der Waals surface area contributed by atoms with Gasteiger partial charge < -0.3 is 4.74 Å². The summed E-state index contributed by atoms with van der Waals surface area (Å²) in [5, 5.41) is 0. The molecule has 0 saturated carbocycles. The van der Waals surface area contributed by atoms with Crippen molar-refractivity contribution in [2.24, 2.45) is 0 Å². The van der Waals surface area contributed by atoms with Gasteiger partial charge in [0.05, 0.1) is 6.61 Å². The number of benzene rings is 5. The molecule has 0 bridgehead atoms. The molecule has 0 atom stereocenters. The SMILES string of the molecule is CCOc1ccc(-c2c(-c3ccc(F)cc3)ccc(-c3ccc(F)cc3)c2-c2ccccc2)cc1. The van der Waals surface area contributed by atoms with E-state index in [0.717, 1.165) is 50.3 Å². The van der Waals surface area contributed by atoms with Crippen molar-refractivity contribution in [3.8, 4) is 50.3 Å². The molecule has 0 aliphatic heterocycles. The van der Waals surface area contributed by atoms with Crippen molar-refractivity contribution in [3.63, 3.8) is 0 Å². The van der Waals surface area contributed by atoms with Gasteiger partial charge in [0, 0.05) is 0 Å². The number of ether oxygens (including phenoxy) is 1. The Morgan fingerprint density at radius 3 is 1.37 bits per heavy atom. The lowest BCUT2D eigenvalue weighted by atomic mass is 9.83. The summed E-state index contributed by atoms with van der Waals surface area (Å²) >= 11 is 0. The number of hydrogen-bond donors (Lipinski definition) is 0. The summed E-state index contributed by atoms with van der Waals surface area (Å²) in [6, 6.07) is 35.4. The van der Waals surface area contributed by atoms with E-state index in [2.05, 4.69) is 24.3 Å². The minimum atomic E-state index is -0.275. The maximum Gasteiger partial charge on any atom is 0.123 e. The maximum atomic E-state index is 13.8. The second kappa shape index (κ2) is 9.94. The molecular formula is C32H24F2O. The smallest absolute Gasteiger partial charge is 0.123 e. The van der Waals surface area contributed by atoms with Gasteiger partial charge in [-0.15, -0.1) is 0 Å². The summed E-state index contributed by atoms with van der Waals surface area (Å²) in [7, 11) is 0. The Labute approximate surface area is 204 Å². The van der Waals surface area contributed by atoms with Crippen LogP contribution in [0, 0.1) is 11.6 Å². The van der Waals surface area contributed by atoms with E-state index in [1.165, 1.54) is 24.3 Å². The Kier molecular flexibility index (Phi) is 6.40. The first-order valence-corrected chi connectivity index (χ1v) is 11.6. The summed E-state index contributed by atoms with van der Waals surface area (Å²) in [5.41, 5.74) is 7.91. The van der Waals surface area contributed by atoms with Crippen molar-refractivity contribution in [1.29, 1.82) is 0 Å². The fraction of sp³-hybridized carbons (Fsp3) is 0.0625. The Morgan fingerprint density at radius 2 is 0.914 bits per heavy atom. The van der Waals surface area contributed by atoms with Crippen molar-refractivity contribution in [2.75, 3.05) is 6.61 Å². The lowest BCUT2D eigenvalue weighted by Gasteiger charge is -2.21. The minimum Gasteiger partial charge on any atom is -0.494 e. The van der Waals surface area contributed by atoms with Gasteiger partial charge in [0.2, 0.25) is 0 Å². The van der Waals surface area contributed by atoms with Crippen molar-refractivity contribution in [1.82, 2.24) is 0 Å². The molecule has 5 aromatic carbocycles.